The van der Waals surface area contributed by atoms with Crippen molar-refractivity contribution in [3.05, 3.63) is 66.2 Å². The fraction of sp³-hybridized carbons (Fsp3) is 0. The van der Waals surface area contributed by atoms with Crippen LogP contribution in [0.3, 0.4) is 0 Å². The van der Waals surface area contributed by atoms with Crippen molar-refractivity contribution < 1.29 is 14.3 Å². The monoisotopic (exact) mass is 254 g/mol. The molecule has 1 N–H and O–H groups in total. The van der Waals surface area contributed by atoms with Gasteiger partial charge in [-0.2, -0.15) is 5.10 Å². The van der Waals surface area contributed by atoms with Crippen LogP contribution in [-0.2, 0) is 0 Å². The van der Waals surface area contributed by atoms with E-state index >= 15 is 0 Å². The lowest BCUT2D eigenvalue weighted by atomic mass is 10.2. The topological polar surface area (TPSA) is 68.3 Å². The number of carbonyl (C=O) groups excluding carboxylic acids is 1. The minimum atomic E-state index is -0.398. The summed E-state index contributed by atoms with van der Waals surface area (Å²) >= 11 is 0. The Morgan fingerprint density at radius 1 is 1.16 bits per heavy atom. The van der Waals surface area contributed by atoms with Crippen molar-refractivity contribution in [2.45, 2.75) is 0 Å². The van der Waals surface area contributed by atoms with Crippen molar-refractivity contribution >= 4 is 5.78 Å². The van der Waals surface area contributed by atoms with E-state index in [-0.39, 0.29) is 17.2 Å². The number of rotatable bonds is 3. The molecule has 0 amide bonds. The van der Waals surface area contributed by atoms with Gasteiger partial charge in [-0.05, 0) is 24.3 Å². The highest BCUT2D eigenvalue weighted by atomic mass is 16.3. The summed E-state index contributed by atoms with van der Waals surface area (Å²) in [6.45, 7) is 0. The Hall–Kier alpha value is -2.82. The maximum absolute atomic E-state index is 12.1. The second-order valence-corrected chi connectivity index (χ2v) is 3.94. The lowest BCUT2D eigenvalue weighted by Gasteiger charge is -2.02. The van der Waals surface area contributed by atoms with Gasteiger partial charge in [-0.3, -0.25) is 4.79 Å². The molecule has 0 radical (unpaired) electrons. The molecule has 2 aromatic heterocycles. The van der Waals surface area contributed by atoms with Crippen molar-refractivity contribution in [1.82, 2.24) is 9.78 Å². The minimum absolute atomic E-state index is 0.110. The van der Waals surface area contributed by atoms with E-state index in [1.54, 1.807) is 24.3 Å². The molecule has 0 bridgehead atoms. The third-order valence-corrected chi connectivity index (χ3v) is 2.73. The summed E-state index contributed by atoms with van der Waals surface area (Å²) in [7, 11) is 0. The highest BCUT2D eigenvalue weighted by Crippen LogP contribution is 2.23. The highest BCUT2D eigenvalue weighted by molar-refractivity contribution is 6.08. The smallest absolute Gasteiger partial charge is 0.235 e. The van der Waals surface area contributed by atoms with Gasteiger partial charge in [0.05, 0.1) is 18.1 Å². The maximum atomic E-state index is 12.1. The Kier molecular flexibility index (Phi) is 2.64. The summed E-state index contributed by atoms with van der Waals surface area (Å²) in [5.74, 6) is -0.430. The average molecular weight is 254 g/mol. The lowest BCUT2D eigenvalue weighted by Crippen LogP contribution is -2.00. The molecule has 5 heteroatoms. The zero-order valence-corrected chi connectivity index (χ0v) is 9.85. The van der Waals surface area contributed by atoms with Crippen molar-refractivity contribution in [3.8, 4) is 11.6 Å². The number of aromatic hydroxyl groups is 1. The molecule has 0 atom stereocenters. The van der Waals surface area contributed by atoms with Gasteiger partial charge in [0, 0.05) is 0 Å². The predicted octanol–water partition coefficient (Wildman–Crippen LogP) is 2.40. The molecule has 0 aliphatic heterocycles. The Balaban J connectivity index is 2.02. The SMILES string of the molecule is O=C(c1ccco1)c1cnn(-c2ccccc2)c1O. The number of carbonyl (C=O) groups is 1. The molecule has 0 aliphatic rings. The summed E-state index contributed by atoms with van der Waals surface area (Å²) in [6, 6.07) is 12.2. The normalized spacial score (nSPS) is 10.5. The zero-order valence-electron chi connectivity index (χ0n) is 9.85. The third kappa shape index (κ3) is 1.91. The molecular weight excluding hydrogens is 244 g/mol. The Bertz CT molecular complexity index is 700. The number of benzene rings is 1. The number of para-hydroxylation sites is 1. The minimum Gasteiger partial charge on any atom is -0.493 e. The van der Waals surface area contributed by atoms with Crippen LogP contribution in [0.25, 0.3) is 5.69 Å². The van der Waals surface area contributed by atoms with E-state index in [0.717, 1.165) is 0 Å². The average Bonchev–Trinajstić information content (AvgIpc) is 3.08. The highest BCUT2D eigenvalue weighted by Gasteiger charge is 2.20. The predicted molar refractivity (Wildman–Crippen MR) is 67.4 cm³/mol. The lowest BCUT2D eigenvalue weighted by molar-refractivity contribution is 0.101. The summed E-state index contributed by atoms with van der Waals surface area (Å²) in [5, 5.41) is 14.1. The molecule has 0 unspecified atom stereocenters. The first kappa shape index (κ1) is 11.3. The van der Waals surface area contributed by atoms with Crippen LogP contribution < -0.4 is 0 Å². The largest absolute Gasteiger partial charge is 0.493 e. The molecular formula is C14H10N2O3. The van der Waals surface area contributed by atoms with Crippen LogP contribution in [0, 0.1) is 0 Å². The maximum Gasteiger partial charge on any atom is 0.235 e. The van der Waals surface area contributed by atoms with E-state index in [1.165, 1.54) is 17.1 Å². The second-order valence-electron chi connectivity index (χ2n) is 3.94. The number of aromatic nitrogens is 2. The summed E-state index contributed by atoms with van der Waals surface area (Å²) < 4.78 is 6.32. The van der Waals surface area contributed by atoms with Gasteiger partial charge in [0.15, 0.2) is 5.76 Å². The zero-order chi connectivity index (χ0) is 13.2. The van der Waals surface area contributed by atoms with Gasteiger partial charge in [0.25, 0.3) is 0 Å². The fourth-order valence-corrected chi connectivity index (χ4v) is 1.80. The van der Waals surface area contributed by atoms with Crippen LogP contribution in [-0.4, -0.2) is 20.7 Å². The molecule has 0 aliphatic carbocycles. The summed E-state index contributed by atoms with van der Waals surface area (Å²) in [5.41, 5.74) is 0.789. The van der Waals surface area contributed by atoms with E-state index in [9.17, 15) is 9.90 Å². The summed E-state index contributed by atoms with van der Waals surface area (Å²) in [6.07, 6.45) is 2.74. The fourth-order valence-electron chi connectivity index (χ4n) is 1.80. The molecule has 0 saturated heterocycles. The van der Waals surface area contributed by atoms with E-state index in [1.807, 2.05) is 18.2 Å². The van der Waals surface area contributed by atoms with Crippen LogP contribution in [0.5, 0.6) is 5.88 Å². The second kappa shape index (κ2) is 4.45. The van der Waals surface area contributed by atoms with E-state index in [4.69, 9.17) is 4.42 Å². The first-order valence-electron chi connectivity index (χ1n) is 5.68. The molecule has 0 fully saturated rings. The number of hydrogen-bond donors (Lipinski definition) is 1. The van der Waals surface area contributed by atoms with Crippen molar-refractivity contribution in [1.29, 1.82) is 0 Å². The van der Waals surface area contributed by atoms with Crippen molar-refractivity contribution in [3.63, 3.8) is 0 Å². The molecule has 94 valence electrons. The number of furan rings is 1. The standard InChI is InChI=1S/C14H10N2O3/c17-13(12-7-4-8-19-12)11-9-15-16(14(11)18)10-5-2-1-3-6-10/h1-9,18H. The van der Waals surface area contributed by atoms with Gasteiger partial charge in [0.1, 0.15) is 5.56 Å². The van der Waals surface area contributed by atoms with E-state index in [0.29, 0.717) is 5.69 Å². The van der Waals surface area contributed by atoms with Gasteiger partial charge in [-0.15, -0.1) is 0 Å². The number of hydrogen-bond acceptors (Lipinski definition) is 4. The third-order valence-electron chi connectivity index (χ3n) is 2.73. The van der Waals surface area contributed by atoms with Crippen LogP contribution in [0.2, 0.25) is 0 Å². The number of ketones is 1. The Labute approximate surface area is 108 Å². The molecule has 3 aromatic rings. The van der Waals surface area contributed by atoms with Crippen LogP contribution in [0.4, 0.5) is 0 Å². The summed E-state index contributed by atoms with van der Waals surface area (Å²) in [4.78, 5) is 12.1. The quantitative estimate of drug-likeness (QED) is 0.729. The molecule has 0 saturated carbocycles. The first-order chi connectivity index (χ1) is 9.27. The molecule has 1 aromatic carbocycles. The Morgan fingerprint density at radius 3 is 2.63 bits per heavy atom. The van der Waals surface area contributed by atoms with Crippen molar-refractivity contribution in [2.24, 2.45) is 0 Å². The van der Waals surface area contributed by atoms with Gasteiger partial charge >= 0.3 is 0 Å². The van der Waals surface area contributed by atoms with Gasteiger partial charge in [-0.25, -0.2) is 4.68 Å². The van der Waals surface area contributed by atoms with Gasteiger partial charge < -0.3 is 9.52 Å². The molecule has 0 spiro atoms. The van der Waals surface area contributed by atoms with Crippen molar-refractivity contribution in [2.75, 3.05) is 0 Å². The van der Waals surface area contributed by atoms with E-state index in [2.05, 4.69) is 5.10 Å². The first-order valence-corrected chi connectivity index (χ1v) is 5.68. The van der Waals surface area contributed by atoms with Gasteiger partial charge in [-0.1, -0.05) is 18.2 Å². The Morgan fingerprint density at radius 2 is 1.95 bits per heavy atom. The van der Waals surface area contributed by atoms with E-state index < -0.39 is 5.78 Å². The van der Waals surface area contributed by atoms with Crippen LogP contribution in [0.1, 0.15) is 16.1 Å². The molecule has 3 rings (SSSR count). The molecule has 19 heavy (non-hydrogen) atoms. The number of nitrogens with zero attached hydrogens (tertiary/aromatic N) is 2. The van der Waals surface area contributed by atoms with Crippen LogP contribution >= 0.6 is 0 Å². The molecule has 2 heterocycles. The molecule has 5 nitrogen and oxygen atoms in total. The van der Waals surface area contributed by atoms with Crippen LogP contribution in [0.15, 0.2) is 59.3 Å². The van der Waals surface area contributed by atoms with Gasteiger partial charge in [0.2, 0.25) is 11.7 Å².